The molecular formula is C28H32N2O5. The van der Waals surface area contributed by atoms with Crippen LogP contribution in [0.4, 0.5) is 4.79 Å². The van der Waals surface area contributed by atoms with E-state index in [1.54, 1.807) is 7.05 Å². The Labute approximate surface area is 205 Å². The van der Waals surface area contributed by atoms with E-state index >= 15 is 0 Å². The molecule has 7 nitrogen and oxygen atoms in total. The average Bonchev–Trinajstić information content (AvgIpc) is 3.60. The van der Waals surface area contributed by atoms with Gasteiger partial charge in [0.25, 0.3) is 0 Å². The summed E-state index contributed by atoms with van der Waals surface area (Å²) in [5, 5.41) is 12.6. The highest BCUT2D eigenvalue weighted by atomic mass is 16.5. The maximum atomic E-state index is 13.4. The van der Waals surface area contributed by atoms with Crippen molar-refractivity contribution in [1.82, 2.24) is 10.2 Å². The number of hydrogen-bond acceptors (Lipinski definition) is 4. The van der Waals surface area contributed by atoms with Gasteiger partial charge in [-0.3, -0.25) is 4.79 Å². The molecule has 2 unspecified atom stereocenters. The summed E-state index contributed by atoms with van der Waals surface area (Å²) in [5.41, 5.74) is 2.72. The standard InChI is InChI=1S/C28H32N2O5/c1-27(14-8-7-13-23(27)24(31)30(2)28(15-16-28)25(32)33)29-26(34)35-17-22-20-11-5-3-9-18(20)19-10-4-6-12-21(19)22/h3-6,9-12,22-23H,7-8,13-17H2,1-2H3,(H,29,34)(H,32,33). The molecule has 0 aromatic heterocycles. The molecule has 0 radical (unpaired) electrons. The highest BCUT2D eigenvalue weighted by Crippen LogP contribution is 2.45. The predicted octanol–water partition coefficient (Wildman–Crippen LogP) is 4.55. The second kappa shape index (κ2) is 8.70. The number of aliphatic carboxylic acids is 1. The molecule has 0 heterocycles. The normalized spacial score (nSPS) is 24.1. The molecular weight excluding hydrogens is 444 g/mol. The number of amides is 2. The zero-order valence-corrected chi connectivity index (χ0v) is 20.3. The third-order valence-electron chi connectivity index (χ3n) is 8.33. The number of nitrogens with zero attached hydrogens (tertiary/aromatic N) is 1. The van der Waals surface area contributed by atoms with Crippen LogP contribution in [0, 0.1) is 5.92 Å². The number of fused-ring (bicyclic) bond motifs is 3. The molecule has 2 amide bonds. The van der Waals surface area contributed by atoms with Crippen molar-refractivity contribution in [3.05, 3.63) is 59.7 Å². The summed E-state index contributed by atoms with van der Waals surface area (Å²) in [6, 6.07) is 16.4. The lowest BCUT2D eigenvalue weighted by atomic mass is 9.73. The van der Waals surface area contributed by atoms with Crippen molar-refractivity contribution < 1.29 is 24.2 Å². The lowest BCUT2D eigenvalue weighted by Gasteiger charge is -2.43. The van der Waals surface area contributed by atoms with Crippen molar-refractivity contribution >= 4 is 18.0 Å². The lowest BCUT2D eigenvalue weighted by molar-refractivity contribution is -0.154. The van der Waals surface area contributed by atoms with Crippen LogP contribution in [-0.2, 0) is 14.3 Å². The number of carboxylic acid groups (broad SMARTS) is 1. The third kappa shape index (κ3) is 3.97. The Hall–Kier alpha value is -3.35. The van der Waals surface area contributed by atoms with Crippen LogP contribution in [0.2, 0.25) is 0 Å². The van der Waals surface area contributed by atoms with E-state index < -0.39 is 29.1 Å². The number of benzene rings is 2. The summed E-state index contributed by atoms with van der Waals surface area (Å²) < 4.78 is 5.74. The quantitative estimate of drug-likeness (QED) is 0.638. The van der Waals surface area contributed by atoms with E-state index in [-0.39, 0.29) is 18.4 Å². The Morgan fingerprint density at radius 3 is 2.17 bits per heavy atom. The lowest BCUT2D eigenvalue weighted by Crippen LogP contribution is -2.59. The minimum atomic E-state index is -1.10. The van der Waals surface area contributed by atoms with Crippen molar-refractivity contribution in [2.24, 2.45) is 5.92 Å². The van der Waals surface area contributed by atoms with Gasteiger partial charge < -0.3 is 20.1 Å². The van der Waals surface area contributed by atoms with E-state index in [4.69, 9.17) is 4.74 Å². The maximum Gasteiger partial charge on any atom is 0.407 e. The summed E-state index contributed by atoms with van der Waals surface area (Å²) in [6.07, 6.45) is 3.39. The van der Waals surface area contributed by atoms with E-state index in [1.807, 2.05) is 31.2 Å². The number of nitrogens with one attached hydrogen (secondary N) is 1. The molecule has 2 fully saturated rings. The number of rotatable bonds is 6. The van der Waals surface area contributed by atoms with Crippen molar-refractivity contribution in [3.8, 4) is 11.1 Å². The highest BCUT2D eigenvalue weighted by Gasteiger charge is 2.57. The van der Waals surface area contributed by atoms with Crippen molar-refractivity contribution in [2.75, 3.05) is 13.7 Å². The van der Waals surface area contributed by atoms with Gasteiger partial charge in [0.05, 0.1) is 11.5 Å². The minimum Gasteiger partial charge on any atom is -0.479 e. The van der Waals surface area contributed by atoms with Crippen LogP contribution in [0.15, 0.2) is 48.5 Å². The number of carboxylic acids is 1. The van der Waals surface area contributed by atoms with Crippen LogP contribution in [0.25, 0.3) is 11.1 Å². The molecule has 2 saturated carbocycles. The van der Waals surface area contributed by atoms with Gasteiger partial charge in [-0.2, -0.15) is 0 Å². The van der Waals surface area contributed by atoms with E-state index in [9.17, 15) is 19.5 Å². The first-order valence-electron chi connectivity index (χ1n) is 12.4. The maximum absolute atomic E-state index is 13.4. The summed E-state index contributed by atoms with van der Waals surface area (Å²) >= 11 is 0. The predicted molar refractivity (Wildman–Crippen MR) is 131 cm³/mol. The number of ether oxygens (including phenoxy) is 1. The molecule has 0 saturated heterocycles. The van der Waals surface area contributed by atoms with E-state index in [0.717, 1.165) is 35.1 Å². The Kier molecular flexibility index (Phi) is 5.82. The number of alkyl carbamates (subject to hydrolysis) is 1. The Morgan fingerprint density at radius 2 is 1.60 bits per heavy atom. The summed E-state index contributed by atoms with van der Waals surface area (Å²) in [7, 11) is 1.58. The van der Waals surface area contributed by atoms with Crippen molar-refractivity contribution in [1.29, 1.82) is 0 Å². The van der Waals surface area contributed by atoms with Crippen LogP contribution < -0.4 is 5.32 Å². The van der Waals surface area contributed by atoms with Gasteiger partial charge in [0.1, 0.15) is 12.1 Å². The topological polar surface area (TPSA) is 95.9 Å². The Bertz CT molecular complexity index is 1130. The van der Waals surface area contributed by atoms with Gasteiger partial charge in [-0.15, -0.1) is 0 Å². The molecule has 3 aliphatic carbocycles. The summed E-state index contributed by atoms with van der Waals surface area (Å²) in [6.45, 7) is 2.08. The number of hydrogen-bond donors (Lipinski definition) is 2. The van der Waals surface area contributed by atoms with Crippen molar-refractivity contribution in [3.63, 3.8) is 0 Å². The first-order valence-corrected chi connectivity index (χ1v) is 12.4. The molecule has 184 valence electrons. The molecule has 0 spiro atoms. The second-order valence-corrected chi connectivity index (χ2v) is 10.4. The van der Waals surface area contributed by atoms with Crippen molar-refractivity contribution in [2.45, 2.75) is 62.4 Å². The average molecular weight is 477 g/mol. The van der Waals surface area contributed by atoms with Gasteiger partial charge in [-0.05, 0) is 54.9 Å². The monoisotopic (exact) mass is 476 g/mol. The van der Waals surface area contributed by atoms with Crippen LogP contribution in [-0.4, -0.2) is 52.7 Å². The number of likely N-dealkylation sites (N-methyl/N-ethyl adjacent to an activating group) is 1. The van der Waals surface area contributed by atoms with E-state index in [0.29, 0.717) is 25.7 Å². The number of carbonyl (C=O) groups is 3. The zero-order valence-electron chi connectivity index (χ0n) is 20.3. The minimum absolute atomic E-state index is 0.0406. The molecule has 5 rings (SSSR count). The molecule has 0 aliphatic heterocycles. The molecule has 3 aliphatic rings. The fourth-order valence-corrected chi connectivity index (χ4v) is 6.00. The van der Waals surface area contributed by atoms with Gasteiger partial charge >= 0.3 is 12.1 Å². The van der Waals surface area contributed by atoms with Gasteiger partial charge in [0, 0.05) is 13.0 Å². The third-order valence-corrected chi connectivity index (χ3v) is 8.33. The molecule has 7 heteroatoms. The highest BCUT2D eigenvalue weighted by molar-refractivity contribution is 5.91. The fourth-order valence-electron chi connectivity index (χ4n) is 6.00. The Balaban J connectivity index is 1.28. The van der Waals surface area contributed by atoms with E-state index in [2.05, 4.69) is 29.6 Å². The fraction of sp³-hybridized carbons (Fsp3) is 0.464. The van der Waals surface area contributed by atoms with Gasteiger partial charge in [0.15, 0.2) is 0 Å². The van der Waals surface area contributed by atoms with Crippen LogP contribution in [0.3, 0.4) is 0 Å². The first kappa shape index (κ1) is 23.4. The molecule has 2 atom stereocenters. The first-order chi connectivity index (χ1) is 16.8. The number of carbonyl (C=O) groups excluding carboxylic acids is 2. The summed E-state index contributed by atoms with van der Waals surface area (Å²) in [5.74, 6) is -1.71. The molecule has 2 N–H and O–H groups in total. The van der Waals surface area contributed by atoms with Crippen LogP contribution in [0.5, 0.6) is 0 Å². The molecule has 0 bridgehead atoms. The molecule has 35 heavy (non-hydrogen) atoms. The SMILES string of the molecule is CN(C(=O)C1CCCCC1(C)NC(=O)OCC1c2ccccc2-c2ccccc21)C1(C(=O)O)CC1. The smallest absolute Gasteiger partial charge is 0.407 e. The zero-order chi connectivity index (χ0) is 24.8. The van der Waals surface area contributed by atoms with Gasteiger partial charge in [0.2, 0.25) is 5.91 Å². The largest absolute Gasteiger partial charge is 0.479 e. The Morgan fingerprint density at radius 1 is 1.00 bits per heavy atom. The summed E-state index contributed by atoms with van der Waals surface area (Å²) in [4.78, 5) is 39.5. The van der Waals surface area contributed by atoms with Gasteiger partial charge in [-0.1, -0.05) is 61.4 Å². The second-order valence-electron chi connectivity index (χ2n) is 10.4. The van der Waals surface area contributed by atoms with E-state index in [1.165, 1.54) is 4.90 Å². The van der Waals surface area contributed by atoms with Gasteiger partial charge in [-0.25, -0.2) is 9.59 Å². The molecule has 2 aromatic carbocycles. The van der Waals surface area contributed by atoms with Crippen LogP contribution in [0.1, 0.15) is 62.5 Å². The molecule has 2 aromatic rings. The van der Waals surface area contributed by atoms with Crippen LogP contribution >= 0.6 is 0 Å².